The van der Waals surface area contributed by atoms with Gasteiger partial charge in [0.2, 0.25) is 0 Å². The Labute approximate surface area is 132 Å². The number of H-pyrrole nitrogens is 1. The van der Waals surface area contributed by atoms with E-state index in [0.29, 0.717) is 3.57 Å². The monoisotopic (exact) mass is 391 g/mol. The minimum absolute atomic E-state index is 0.0557. The average molecular weight is 391 g/mol. The number of piperazine rings is 1. The molecule has 0 radical (unpaired) electrons. The Morgan fingerprint density at radius 1 is 1.25 bits per heavy atom. The Hall–Kier alpha value is -0.670. The van der Waals surface area contributed by atoms with E-state index in [2.05, 4.69) is 42.4 Å². The molecule has 0 spiro atoms. The lowest BCUT2D eigenvalue weighted by atomic mass is 10.2. The van der Waals surface area contributed by atoms with Crippen molar-refractivity contribution in [3.05, 3.63) is 20.3 Å². The summed E-state index contributed by atoms with van der Waals surface area (Å²) in [7, 11) is 0. The molecule has 1 aliphatic rings. The highest BCUT2D eigenvalue weighted by Crippen LogP contribution is 2.17. The Balaban J connectivity index is 1.82. The predicted octanol–water partition coefficient (Wildman–Crippen LogP) is 0.625. The summed E-state index contributed by atoms with van der Waals surface area (Å²) in [4.78, 5) is 23.2. The predicted molar refractivity (Wildman–Crippen MR) is 89.1 cm³/mol. The molecule has 0 bridgehead atoms. The molecule has 2 rings (SSSR count). The largest absolute Gasteiger partial charge is 0.353 e. The molecule has 112 valence electrons. The summed E-state index contributed by atoms with van der Waals surface area (Å²) in [6.45, 7) is 5.88. The number of anilines is 1. The standard InChI is InChI=1S/C13H22IN5O/c14-11-12(16-10-17-13(11)20)19-8-6-18(7-9-19)5-3-1-2-4-15/h10H,1-9,15H2,(H,16,17,20). The van der Waals surface area contributed by atoms with Crippen LogP contribution in [0.25, 0.3) is 0 Å². The number of hydrogen-bond donors (Lipinski definition) is 2. The summed E-state index contributed by atoms with van der Waals surface area (Å²) >= 11 is 2.07. The van der Waals surface area contributed by atoms with Crippen molar-refractivity contribution in [2.75, 3.05) is 44.2 Å². The fourth-order valence-electron chi connectivity index (χ4n) is 2.43. The van der Waals surface area contributed by atoms with E-state index in [1.54, 1.807) is 0 Å². The number of nitrogens with one attached hydrogen (secondary N) is 1. The van der Waals surface area contributed by atoms with Gasteiger partial charge in [-0.1, -0.05) is 6.42 Å². The average Bonchev–Trinajstić information content (AvgIpc) is 2.47. The van der Waals surface area contributed by atoms with Gasteiger partial charge in [-0.2, -0.15) is 0 Å². The first kappa shape index (κ1) is 15.7. The van der Waals surface area contributed by atoms with Crippen LogP contribution >= 0.6 is 22.6 Å². The maximum absolute atomic E-state index is 11.6. The van der Waals surface area contributed by atoms with E-state index in [-0.39, 0.29) is 5.56 Å². The summed E-state index contributed by atoms with van der Waals surface area (Å²) in [5, 5.41) is 0. The van der Waals surface area contributed by atoms with E-state index in [4.69, 9.17) is 5.73 Å². The third-order valence-corrected chi connectivity index (χ3v) is 4.60. The van der Waals surface area contributed by atoms with Crippen molar-refractivity contribution < 1.29 is 0 Å². The molecule has 3 N–H and O–H groups in total. The molecule has 1 aromatic rings. The number of unbranched alkanes of at least 4 members (excludes halogenated alkanes) is 2. The van der Waals surface area contributed by atoms with Crippen LogP contribution in [0.2, 0.25) is 0 Å². The fourth-order valence-corrected chi connectivity index (χ4v) is 3.07. The second-order valence-electron chi connectivity index (χ2n) is 5.05. The lowest BCUT2D eigenvalue weighted by Gasteiger charge is -2.35. The first-order valence-electron chi connectivity index (χ1n) is 7.13. The van der Waals surface area contributed by atoms with E-state index < -0.39 is 0 Å². The van der Waals surface area contributed by atoms with Crippen LogP contribution in [0.15, 0.2) is 11.1 Å². The summed E-state index contributed by atoms with van der Waals surface area (Å²) in [6, 6.07) is 0. The number of hydrogen-bond acceptors (Lipinski definition) is 5. The van der Waals surface area contributed by atoms with E-state index in [9.17, 15) is 4.79 Å². The Morgan fingerprint density at radius 2 is 2.00 bits per heavy atom. The Kier molecular flexibility index (Phi) is 6.24. The van der Waals surface area contributed by atoms with E-state index >= 15 is 0 Å². The first-order chi connectivity index (χ1) is 9.72. The van der Waals surface area contributed by atoms with Crippen molar-refractivity contribution in [1.82, 2.24) is 14.9 Å². The van der Waals surface area contributed by atoms with Crippen molar-refractivity contribution >= 4 is 28.4 Å². The second kappa shape index (κ2) is 7.94. The molecule has 0 unspecified atom stereocenters. The van der Waals surface area contributed by atoms with Crippen LogP contribution in [0.1, 0.15) is 19.3 Å². The van der Waals surface area contributed by atoms with E-state index in [0.717, 1.165) is 51.5 Å². The molecule has 0 atom stereocenters. The number of nitrogens with zero attached hydrogens (tertiary/aromatic N) is 3. The number of aromatic amines is 1. The highest BCUT2D eigenvalue weighted by molar-refractivity contribution is 14.1. The van der Waals surface area contributed by atoms with Gasteiger partial charge in [0.15, 0.2) is 0 Å². The highest BCUT2D eigenvalue weighted by Gasteiger charge is 2.20. The molecule has 1 saturated heterocycles. The molecular formula is C13H22IN5O. The number of aromatic nitrogens is 2. The molecule has 0 amide bonds. The summed E-state index contributed by atoms with van der Waals surface area (Å²) in [5.74, 6) is 0.817. The summed E-state index contributed by atoms with van der Waals surface area (Å²) in [6.07, 6.45) is 5.04. The van der Waals surface area contributed by atoms with Crippen molar-refractivity contribution in [1.29, 1.82) is 0 Å². The van der Waals surface area contributed by atoms with Gasteiger partial charge < -0.3 is 15.6 Å². The minimum atomic E-state index is -0.0557. The minimum Gasteiger partial charge on any atom is -0.353 e. The van der Waals surface area contributed by atoms with Crippen molar-refractivity contribution in [3.8, 4) is 0 Å². The molecule has 0 aliphatic carbocycles. The van der Waals surface area contributed by atoms with Crippen LogP contribution in [-0.2, 0) is 0 Å². The maximum atomic E-state index is 11.6. The molecule has 7 heteroatoms. The third-order valence-electron chi connectivity index (χ3n) is 3.63. The lowest BCUT2D eigenvalue weighted by molar-refractivity contribution is 0.252. The number of halogens is 1. The van der Waals surface area contributed by atoms with Crippen molar-refractivity contribution in [3.63, 3.8) is 0 Å². The number of nitrogens with two attached hydrogens (primary N) is 1. The van der Waals surface area contributed by atoms with Crippen LogP contribution < -0.4 is 16.2 Å². The van der Waals surface area contributed by atoms with Gasteiger partial charge >= 0.3 is 0 Å². The smallest absolute Gasteiger partial charge is 0.266 e. The van der Waals surface area contributed by atoms with Gasteiger partial charge in [-0.15, -0.1) is 0 Å². The Bertz CT molecular complexity index is 470. The topological polar surface area (TPSA) is 78.2 Å². The molecular weight excluding hydrogens is 369 g/mol. The first-order valence-corrected chi connectivity index (χ1v) is 8.21. The van der Waals surface area contributed by atoms with Crippen molar-refractivity contribution in [2.24, 2.45) is 5.73 Å². The quantitative estimate of drug-likeness (QED) is 0.550. The third kappa shape index (κ3) is 4.16. The fraction of sp³-hybridized carbons (Fsp3) is 0.692. The van der Waals surface area contributed by atoms with E-state index in [1.807, 2.05) is 0 Å². The summed E-state index contributed by atoms with van der Waals surface area (Å²) < 4.78 is 0.682. The molecule has 1 aliphatic heterocycles. The maximum Gasteiger partial charge on any atom is 0.266 e. The lowest BCUT2D eigenvalue weighted by Crippen LogP contribution is -2.47. The number of rotatable bonds is 6. The van der Waals surface area contributed by atoms with Gasteiger partial charge in [-0.25, -0.2) is 4.98 Å². The van der Waals surface area contributed by atoms with Crippen molar-refractivity contribution in [2.45, 2.75) is 19.3 Å². The van der Waals surface area contributed by atoms with Gasteiger partial charge in [0.1, 0.15) is 9.39 Å². The highest BCUT2D eigenvalue weighted by atomic mass is 127. The van der Waals surface area contributed by atoms with Crippen LogP contribution in [0, 0.1) is 3.57 Å². The van der Waals surface area contributed by atoms with Crippen LogP contribution in [0.5, 0.6) is 0 Å². The zero-order valence-electron chi connectivity index (χ0n) is 11.6. The summed E-state index contributed by atoms with van der Waals surface area (Å²) in [5.41, 5.74) is 5.44. The second-order valence-corrected chi connectivity index (χ2v) is 6.13. The van der Waals surface area contributed by atoms with Gasteiger partial charge in [0.05, 0.1) is 6.33 Å². The van der Waals surface area contributed by atoms with Crippen LogP contribution in [0.4, 0.5) is 5.82 Å². The molecule has 2 heterocycles. The van der Waals surface area contributed by atoms with E-state index in [1.165, 1.54) is 19.2 Å². The van der Waals surface area contributed by atoms with Gasteiger partial charge in [0, 0.05) is 26.2 Å². The van der Waals surface area contributed by atoms with Gasteiger partial charge in [-0.3, -0.25) is 9.69 Å². The van der Waals surface area contributed by atoms with Gasteiger partial charge in [0.25, 0.3) is 5.56 Å². The molecule has 1 fully saturated rings. The zero-order chi connectivity index (χ0) is 14.4. The van der Waals surface area contributed by atoms with Gasteiger partial charge in [-0.05, 0) is 48.5 Å². The SMILES string of the molecule is NCCCCCN1CCN(c2nc[nH]c(=O)c2I)CC1. The van der Waals surface area contributed by atoms with Crippen LogP contribution in [0.3, 0.4) is 0 Å². The normalized spacial score (nSPS) is 16.6. The molecule has 0 aromatic carbocycles. The molecule has 6 nitrogen and oxygen atoms in total. The molecule has 1 aromatic heterocycles. The zero-order valence-corrected chi connectivity index (χ0v) is 13.8. The molecule has 0 saturated carbocycles. The Morgan fingerprint density at radius 3 is 2.70 bits per heavy atom. The van der Waals surface area contributed by atoms with Crippen LogP contribution in [-0.4, -0.2) is 54.1 Å². The molecule has 20 heavy (non-hydrogen) atoms.